The topological polar surface area (TPSA) is 93.6 Å². The third kappa shape index (κ3) is 3.51. The molecular formula is C19H19N5O3. The number of rotatable bonds is 4. The molecule has 1 saturated heterocycles. The van der Waals surface area contributed by atoms with Crippen molar-refractivity contribution in [1.29, 1.82) is 0 Å². The first kappa shape index (κ1) is 17.1. The largest absolute Gasteiger partial charge is 0.342 e. The van der Waals surface area contributed by atoms with Crippen LogP contribution in [-0.2, 0) is 11.2 Å². The van der Waals surface area contributed by atoms with Crippen molar-refractivity contribution < 1.29 is 9.72 Å². The molecular weight excluding hydrogens is 346 g/mol. The number of aromatic nitrogens is 3. The molecule has 8 nitrogen and oxygen atoms in total. The number of nitrogens with zero attached hydrogens (tertiary/aromatic N) is 5. The van der Waals surface area contributed by atoms with Crippen LogP contribution in [0.25, 0.3) is 5.65 Å². The van der Waals surface area contributed by atoms with Gasteiger partial charge in [-0.15, -0.1) is 10.2 Å². The van der Waals surface area contributed by atoms with Crippen LogP contribution in [0.15, 0.2) is 48.7 Å². The van der Waals surface area contributed by atoms with Crippen LogP contribution in [0.4, 0.5) is 5.69 Å². The molecule has 138 valence electrons. The molecule has 3 aromatic rings. The average molecular weight is 365 g/mol. The maximum Gasteiger partial charge on any atom is 0.269 e. The molecule has 0 bridgehead atoms. The summed E-state index contributed by atoms with van der Waals surface area (Å²) in [6.45, 7) is 1.33. The molecule has 1 fully saturated rings. The van der Waals surface area contributed by atoms with E-state index in [0.717, 1.165) is 36.4 Å². The number of piperidine rings is 1. The summed E-state index contributed by atoms with van der Waals surface area (Å²) in [5, 5.41) is 19.3. The Morgan fingerprint density at radius 3 is 2.78 bits per heavy atom. The zero-order valence-electron chi connectivity index (χ0n) is 14.7. The van der Waals surface area contributed by atoms with E-state index in [1.165, 1.54) is 12.1 Å². The molecule has 3 heterocycles. The minimum Gasteiger partial charge on any atom is -0.342 e. The number of likely N-dealkylation sites (tertiary alicyclic amines) is 1. The number of pyridine rings is 1. The molecule has 0 unspecified atom stereocenters. The average Bonchev–Trinajstić information content (AvgIpc) is 3.12. The van der Waals surface area contributed by atoms with Crippen molar-refractivity contribution in [1.82, 2.24) is 19.5 Å². The van der Waals surface area contributed by atoms with E-state index < -0.39 is 4.92 Å². The smallest absolute Gasteiger partial charge is 0.269 e. The van der Waals surface area contributed by atoms with Crippen molar-refractivity contribution in [2.24, 2.45) is 0 Å². The number of carbonyl (C=O) groups is 1. The van der Waals surface area contributed by atoms with Crippen molar-refractivity contribution in [3.8, 4) is 0 Å². The van der Waals surface area contributed by atoms with Crippen molar-refractivity contribution in [2.45, 2.75) is 25.2 Å². The van der Waals surface area contributed by atoms with E-state index in [2.05, 4.69) is 10.2 Å². The lowest BCUT2D eigenvalue weighted by Gasteiger charge is -2.32. The molecule has 8 heteroatoms. The summed E-state index contributed by atoms with van der Waals surface area (Å²) in [5.41, 5.74) is 1.62. The monoisotopic (exact) mass is 365 g/mol. The molecule has 1 atom stereocenters. The van der Waals surface area contributed by atoms with Crippen molar-refractivity contribution >= 4 is 17.2 Å². The lowest BCUT2D eigenvalue weighted by atomic mass is 9.96. The van der Waals surface area contributed by atoms with E-state index >= 15 is 0 Å². The van der Waals surface area contributed by atoms with Gasteiger partial charge in [0.25, 0.3) is 5.69 Å². The summed E-state index contributed by atoms with van der Waals surface area (Å²) < 4.78 is 1.98. The molecule has 0 radical (unpaired) electrons. The lowest BCUT2D eigenvalue weighted by Crippen LogP contribution is -2.40. The van der Waals surface area contributed by atoms with Gasteiger partial charge >= 0.3 is 0 Å². The third-order valence-corrected chi connectivity index (χ3v) is 4.98. The lowest BCUT2D eigenvalue weighted by molar-refractivity contribution is -0.384. The molecule has 27 heavy (non-hydrogen) atoms. The number of carbonyl (C=O) groups excluding carboxylic acids is 1. The fraction of sp³-hybridized carbons (Fsp3) is 0.316. The second-order valence-electron chi connectivity index (χ2n) is 6.77. The van der Waals surface area contributed by atoms with Crippen LogP contribution in [0.5, 0.6) is 0 Å². The summed E-state index contributed by atoms with van der Waals surface area (Å²) >= 11 is 0. The Bertz CT molecular complexity index is 982. The van der Waals surface area contributed by atoms with Crippen LogP contribution in [0, 0.1) is 10.1 Å². The molecule has 1 aromatic carbocycles. The Morgan fingerprint density at radius 2 is 2.00 bits per heavy atom. The van der Waals surface area contributed by atoms with Gasteiger partial charge in [-0.2, -0.15) is 0 Å². The molecule has 1 amide bonds. The number of hydrogen-bond acceptors (Lipinski definition) is 5. The molecule has 0 N–H and O–H groups in total. The van der Waals surface area contributed by atoms with Gasteiger partial charge in [-0.1, -0.05) is 18.2 Å². The quantitative estimate of drug-likeness (QED) is 0.523. The van der Waals surface area contributed by atoms with Crippen LogP contribution in [0.3, 0.4) is 0 Å². The first-order valence-electron chi connectivity index (χ1n) is 8.92. The summed E-state index contributed by atoms with van der Waals surface area (Å²) in [4.78, 5) is 24.9. The van der Waals surface area contributed by atoms with Crippen molar-refractivity contribution in [3.63, 3.8) is 0 Å². The van der Waals surface area contributed by atoms with E-state index in [0.29, 0.717) is 6.54 Å². The van der Waals surface area contributed by atoms with Crippen molar-refractivity contribution in [2.75, 3.05) is 13.1 Å². The molecule has 1 aliphatic rings. The molecule has 0 aliphatic carbocycles. The van der Waals surface area contributed by atoms with Gasteiger partial charge in [-0.05, 0) is 30.5 Å². The first-order valence-corrected chi connectivity index (χ1v) is 8.92. The molecule has 0 spiro atoms. The van der Waals surface area contributed by atoms with Gasteiger partial charge in [0.15, 0.2) is 5.65 Å². The number of non-ortho nitro benzene ring substituents is 1. The zero-order chi connectivity index (χ0) is 18.8. The number of amides is 1. The Hall–Kier alpha value is -3.29. The molecule has 2 aromatic heterocycles. The predicted molar refractivity (Wildman–Crippen MR) is 98.3 cm³/mol. The molecule has 4 rings (SSSR count). The maximum atomic E-state index is 12.7. The number of nitro benzene ring substituents is 1. The summed E-state index contributed by atoms with van der Waals surface area (Å²) in [6.07, 6.45) is 4.07. The van der Waals surface area contributed by atoms with Crippen LogP contribution in [0.2, 0.25) is 0 Å². The third-order valence-electron chi connectivity index (χ3n) is 4.98. The van der Waals surface area contributed by atoms with Gasteiger partial charge in [0.05, 0.1) is 11.3 Å². The summed E-state index contributed by atoms with van der Waals surface area (Å²) in [7, 11) is 0. The Balaban J connectivity index is 1.46. The van der Waals surface area contributed by atoms with Crippen LogP contribution in [-0.4, -0.2) is 43.4 Å². The van der Waals surface area contributed by atoms with Crippen molar-refractivity contribution in [3.05, 3.63) is 70.2 Å². The minimum absolute atomic E-state index is 0.0300. The van der Waals surface area contributed by atoms with Gasteiger partial charge in [0, 0.05) is 37.3 Å². The first-order chi connectivity index (χ1) is 13.1. The van der Waals surface area contributed by atoms with Gasteiger partial charge < -0.3 is 4.90 Å². The maximum absolute atomic E-state index is 12.7. The van der Waals surface area contributed by atoms with Gasteiger partial charge in [0.1, 0.15) is 5.82 Å². The second-order valence-corrected chi connectivity index (χ2v) is 6.77. The fourth-order valence-corrected chi connectivity index (χ4v) is 3.57. The highest BCUT2D eigenvalue weighted by molar-refractivity contribution is 5.79. The van der Waals surface area contributed by atoms with E-state index in [1.54, 1.807) is 12.1 Å². The van der Waals surface area contributed by atoms with E-state index in [4.69, 9.17) is 0 Å². The summed E-state index contributed by atoms with van der Waals surface area (Å²) in [5.74, 6) is 1.07. The van der Waals surface area contributed by atoms with Gasteiger partial charge in [-0.25, -0.2) is 0 Å². The zero-order valence-corrected chi connectivity index (χ0v) is 14.7. The summed E-state index contributed by atoms with van der Waals surface area (Å²) in [6, 6.07) is 11.9. The van der Waals surface area contributed by atoms with Gasteiger partial charge in [-0.3, -0.25) is 19.3 Å². The van der Waals surface area contributed by atoms with Crippen LogP contribution < -0.4 is 0 Å². The van der Waals surface area contributed by atoms with E-state index in [1.807, 2.05) is 33.7 Å². The number of hydrogen-bond donors (Lipinski definition) is 0. The highest BCUT2D eigenvalue weighted by atomic mass is 16.6. The Labute approximate surface area is 155 Å². The SMILES string of the molecule is O=C(Cc1ccc([N+](=O)[O-])cc1)N1CCC[C@H](c2nnc3ccccn23)C1. The second kappa shape index (κ2) is 7.14. The normalized spacial score (nSPS) is 17.2. The highest BCUT2D eigenvalue weighted by Crippen LogP contribution is 2.26. The van der Waals surface area contributed by atoms with E-state index in [9.17, 15) is 14.9 Å². The van der Waals surface area contributed by atoms with Gasteiger partial charge in [0.2, 0.25) is 5.91 Å². The van der Waals surface area contributed by atoms with E-state index in [-0.39, 0.29) is 23.9 Å². The molecule has 1 aliphatic heterocycles. The highest BCUT2D eigenvalue weighted by Gasteiger charge is 2.27. The predicted octanol–water partition coefficient (Wildman–Crippen LogP) is 2.59. The minimum atomic E-state index is -0.441. The standard InChI is InChI=1S/C19H19N5O3/c25-18(12-14-6-8-16(9-7-14)24(26)27)22-10-3-4-15(13-22)19-21-20-17-5-1-2-11-23(17)19/h1-2,5-9,11,15H,3-4,10,12-13H2/t15-/m0/s1. The Kier molecular flexibility index (Phi) is 4.53. The number of fused-ring (bicyclic) bond motifs is 1. The number of benzene rings is 1. The fourth-order valence-electron chi connectivity index (χ4n) is 3.57. The Morgan fingerprint density at radius 1 is 1.19 bits per heavy atom. The number of nitro groups is 1. The van der Waals surface area contributed by atoms with Crippen LogP contribution in [0.1, 0.15) is 30.1 Å². The van der Waals surface area contributed by atoms with Crippen LogP contribution >= 0.6 is 0 Å². The molecule has 0 saturated carbocycles.